The van der Waals surface area contributed by atoms with Gasteiger partial charge in [-0.3, -0.25) is 4.79 Å². The molecule has 6 nitrogen and oxygen atoms in total. The van der Waals surface area contributed by atoms with Crippen LogP contribution in [0.2, 0.25) is 0 Å². The minimum atomic E-state index is -1.08. The lowest BCUT2D eigenvalue weighted by Gasteiger charge is -2.02. The van der Waals surface area contributed by atoms with Gasteiger partial charge in [0.15, 0.2) is 5.92 Å². The number of nitrogens with zero attached hydrogens (tertiary/aromatic N) is 2. The van der Waals surface area contributed by atoms with Crippen molar-refractivity contribution in [2.75, 3.05) is 0 Å². The monoisotopic (exact) mass is 253 g/mol. The van der Waals surface area contributed by atoms with Crippen LogP contribution < -0.4 is 11.1 Å². The second-order valence-electron chi connectivity index (χ2n) is 4.02. The summed E-state index contributed by atoms with van der Waals surface area (Å²) in [5, 5.41) is 13.4. The molecule has 1 unspecified atom stereocenters. The van der Waals surface area contributed by atoms with Gasteiger partial charge in [-0.2, -0.15) is 10.4 Å². The number of hydrogen-bond donors (Lipinski definition) is 1. The SMILES string of the molecule is N#CC1C(=O)NN=C1c1cc2ccccc2oc1=O. The second kappa shape index (κ2) is 4.07. The predicted octanol–water partition coefficient (Wildman–Crippen LogP) is 0.767. The first-order chi connectivity index (χ1) is 9.20. The Balaban J connectivity index is 2.22. The maximum Gasteiger partial charge on any atom is 0.345 e. The smallest absolute Gasteiger partial charge is 0.345 e. The number of para-hydroxylation sites is 1. The lowest BCUT2D eigenvalue weighted by Crippen LogP contribution is -2.25. The Bertz CT molecular complexity index is 814. The summed E-state index contributed by atoms with van der Waals surface area (Å²) >= 11 is 0. The first-order valence-electron chi connectivity index (χ1n) is 5.51. The number of hydrazone groups is 1. The molecule has 1 N–H and O–H groups in total. The van der Waals surface area contributed by atoms with E-state index in [-0.39, 0.29) is 11.3 Å². The van der Waals surface area contributed by atoms with E-state index in [1.807, 2.05) is 6.07 Å². The average molecular weight is 253 g/mol. The third-order valence-electron chi connectivity index (χ3n) is 2.87. The summed E-state index contributed by atoms with van der Waals surface area (Å²) in [6.07, 6.45) is 0. The van der Waals surface area contributed by atoms with Crippen LogP contribution in [0.5, 0.6) is 0 Å². The summed E-state index contributed by atoms with van der Waals surface area (Å²) in [5.41, 5.74) is 2.25. The minimum Gasteiger partial charge on any atom is -0.422 e. The lowest BCUT2D eigenvalue weighted by molar-refractivity contribution is -0.120. The van der Waals surface area contributed by atoms with Crippen molar-refractivity contribution in [1.82, 2.24) is 5.43 Å². The van der Waals surface area contributed by atoms with Gasteiger partial charge < -0.3 is 4.42 Å². The molecule has 1 aliphatic heterocycles. The standard InChI is InChI=1S/C13H7N3O3/c14-6-9-11(15-16-12(9)17)8-5-7-3-1-2-4-10(7)19-13(8)18/h1-5,9H,(H,16,17). The number of fused-ring (bicyclic) bond motifs is 1. The van der Waals surface area contributed by atoms with Crippen molar-refractivity contribution in [2.24, 2.45) is 11.0 Å². The van der Waals surface area contributed by atoms with Crippen LogP contribution >= 0.6 is 0 Å². The average Bonchev–Trinajstić information content (AvgIpc) is 2.78. The summed E-state index contributed by atoms with van der Waals surface area (Å²) in [5.74, 6) is -1.62. The molecule has 1 amide bonds. The van der Waals surface area contributed by atoms with E-state index in [0.29, 0.717) is 11.0 Å². The van der Waals surface area contributed by atoms with E-state index in [1.165, 1.54) is 0 Å². The van der Waals surface area contributed by atoms with Crippen LogP contribution in [0.4, 0.5) is 0 Å². The molecule has 1 aromatic carbocycles. The fourth-order valence-corrected chi connectivity index (χ4v) is 1.94. The largest absolute Gasteiger partial charge is 0.422 e. The Morgan fingerprint density at radius 1 is 1.32 bits per heavy atom. The fraction of sp³-hybridized carbons (Fsp3) is 0.0769. The van der Waals surface area contributed by atoms with E-state index in [0.717, 1.165) is 0 Å². The number of amides is 1. The molecular weight excluding hydrogens is 246 g/mol. The maximum absolute atomic E-state index is 11.9. The zero-order valence-electron chi connectivity index (χ0n) is 9.58. The zero-order valence-corrected chi connectivity index (χ0v) is 9.58. The van der Waals surface area contributed by atoms with Gasteiger partial charge in [0, 0.05) is 5.39 Å². The van der Waals surface area contributed by atoms with Crippen molar-refractivity contribution in [2.45, 2.75) is 0 Å². The summed E-state index contributed by atoms with van der Waals surface area (Å²) < 4.78 is 5.15. The molecule has 3 rings (SSSR count). The predicted molar refractivity (Wildman–Crippen MR) is 66.3 cm³/mol. The molecular formula is C13H7N3O3. The number of rotatable bonds is 1. The molecule has 2 heterocycles. The van der Waals surface area contributed by atoms with E-state index in [4.69, 9.17) is 9.68 Å². The molecule has 2 aromatic rings. The molecule has 0 saturated carbocycles. The van der Waals surface area contributed by atoms with Gasteiger partial charge in [-0.05, 0) is 12.1 Å². The van der Waals surface area contributed by atoms with Gasteiger partial charge in [0.05, 0.1) is 11.6 Å². The number of benzene rings is 1. The summed E-state index contributed by atoms with van der Waals surface area (Å²) in [4.78, 5) is 23.3. The van der Waals surface area contributed by atoms with E-state index >= 15 is 0 Å². The minimum absolute atomic E-state index is 0.104. The number of carbonyl (C=O) groups excluding carboxylic acids is 1. The molecule has 0 aliphatic carbocycles. The quantitative estimate of drug-likeness (QED) is 0.759. The zero-order chi connectivity index (χ0) is 13.4. The van der Waals surface area contributed by atoms with Gasteiger partial charge in [-0.1, -0.05) is 18.2 Å². The van der Waals surface area contributed by atoms with E-state index in [1.54, 1.807) is 30.3 Å². The molecule has 92 valence electrons. The number of hydrogen-bond acceptors (Lipinski definition) is 5. The molecule has 6 heteroatoms. The van der Waals surface area contributed by atoms with Crippen molar-refractivity contribution in [3.63, 3.8) is 0 Å². The third kappa shape index (κ3) is 1.68. The van der Waals surface area contributed by atoms with E-state index in [2.05, 4.69) is 10.5 Å². The second-order valence-corrected chi connectivity index (χ2v) is 4.02. The summed E-state index contributed by atoms with van der Waals surface area (Å²) in [6, 6.07) is 10.4. The van der Waals surface area contributed by atoms with Gasteiger partial charge in [-0.15, -0.1) is 0 Å². The molecule has 0 spiro atoms. The van der Waals surface area contributed by atoms with Crippen molar-refractivity contribution < 1.29 is 9.21 Å². The van der Waals surface area contributed by atoms with Crippen LogP contribution in [-0.2, 0) is 4.79 Å². The number of nitriles is 1. The topological polar surface area (TPSA) is 95.5 Å². The highest BCUT2D eigenvalue weighted by molar-refractivity contribution is 6.18. The van der Waals surface area contributed by atoms with Gasteiger partial charge in [0.2, 0.25) is 0 Å². The van der Waals surface area contributed by atoms with Crippen molar-refractivity contribution in [1.29, 1.82) is 5.26 Å². The Morgan fingerprint density at radius 3 is 2.89 bits per heavy atom. The molecule has 0 bridgehead atoms. The van der Waals surface area contributed by atoms with E-state index < -0.39 is 17.5 Å². The highest BCUT2D eigenvalue weighted by atomic mass is 16.4. The van der Waals surface area contributed by atoms with Crippen LogP contribution in [0.3, 0.4) is 0 Å². The highest BCUT2D eigenvalue weighted by Gasteiger charge is 2.32. The van der Waals surface area contributed by atoms with Gasteiger partial charge in [0.25, 0.3) is 5.91 Å². The van der Waals surface area contributed by atoms with Crippen LogP contribution in [-0.4, -0.2) is 11.6 Å². The first kappa shape index (κ1) is 11.2. The van der Waals surface area contributed by atoms with Crippen molar-refractivity contribution in [3.8, 4) is 6.07 Å². The first-order valence-corrected chi connectivity index (χ1v) is 5.51. The number of nitrogens with one attached hydrogen (secondary N) is 1. The van der Waals surface area contributed by atoms with Gasteiger partial charge >= 0.3 is 5.63 Å². The van der Waals surface area contributed by atoms with E-state index in [9.17, 15) is 9.59 Å². The molecule has 1 aliphatic rings. The van der Waals surface area contributed by atoms with Crippen LogP contribution in [0.15, 0.2) is 44.6 Å². The van der Waals surface area contributed by atoms with Gasteiger partial charge in [-0.25, -0.2) is 10.2 Å². The Hall–Kier alpha value is -2.94. The Morgan fingerprint density at radius 2 is 2.11 bits per heavy atom. The van der Waals surface area contributed by atoms with Crippen LogP contribution in [0.1, 0.15) is 5.56 Å². The molecule has 0 saturated heterocycles. The Kier molecular flexibility index (Phi) is 2.39. The van der Waals surface area contributed by atoms with Crippen LogP contribution in [0.25, 0.3) is 11.0 Å². The molecule has 1 atom stereocenters. The van der Waals surface area contributed by atoms with Crippen LogP contribution in [0, 0.1) is 17.2 Å². The maximum atomic E-state index is 11.9. The fourth-order valence-electron chi connectivity index (χ4n) is 1.94. The molecule has 1 aromatic heterocycles. The Labute approximate surface area is 107 Å². The lowest BCUT2D eigenvalue weighted by atomic mass is 9.99. The number of carbonyl (C=O) groups is 1. The molecule has 19 heavy (non-hydrogen) atoms. The summed E-state index contributed by atoms with van der Waals surface area (Å²) in [6.45, 7) is 0. The highest BCUT2D eigenvalue weighted by Crippen LogP contribution is 2.17. The van der Waals surface area contributed by atoms with Gasteiger partial charge in [0.1, 0.15) is 11.3 Å². The van der Waals surface area contributed by atoms with Crippen molar-refractivity contribution in [3.05, 3.63) is 46.3 Å². The molecule has 0 radical (unpaired) electrons. The molecule has 0 fully saturated rings. The normalized spacial score (nSPS) is 17.9. The van der Waals surface area contributed by atoms with Crippen molar-refractivity contribution >= 4 is 22.6 Å². The third-order valence-corrected chi connectivity index (χ3v) is 2.87. The summed E-state index contributed by atoms with van der Waals surface area (Å²) in [7, 11) is 0.